The van der Waals surface area contributed by atoms with Gasteiger partial charge in [-0.1, -0.05) is 38.1 Å². The maximum Gasteiger partial charge on any atom is 0.267 e. The lowest BCUT2D eigenvalue weighted by atomic mass is 9.94. The van der Waals surface area contributed by atoms with Crippen molar-refractivity contribution < 1.29 is 14.0 Å². The van der Waals surface area contributed by atoms with E-state index in [1.807, 2.05) is 31.2 Å². The Kier molecular flexibility index (Phi) is 6.93. The van der Waals surface area contributed by atoms with Gasteiger partial charge in [0.1, 0.15) is 11.5 Å². The van der Waals surface area contributed by atoms with Gasteiger partial charge >= 0.3 is 0 Å². The molecule has 3 aromatic rings. The van der Waals surface area contributed by atoms with Crippen LogP contribution < -0.4 is 10.6 Å². The van der Waals surface area contributed by atoms with E-state index in [4.69, 9.17) is 0 Å². The number of carbonyl (C=O) groups is 2. The lowest BCUT2D eigenvalue weighted by molar-refractivity contribution is -0.110. The molecule has 2 amide bonds. The van der Waals surface area contributed by atoms with Gasteiger partial charge in [-0.25, -0.2) is 4.39 Å². The SMILES string of the molecule is CCN(CC)CCNC(=O)c1cc(C)c(/C=C2\C(=O)Nc3cccc(-c4cccc(F)c4)c32)[nH]1. The number of aryl methyl sites for hydroxylation is 1. The monoisotopic (exact) mass is 460 g/mol. The molecule has 1 aromatic heterocycles. The predicted octanol–water partition coefficient (Wildman–Crippen LogP) is 4.69. The van der Waals surface area contributed by atoms with Crippen LogP contribution >= 0.6 is 0 Å². The van der Waals surface area contributed by atoms with Crippen LogP contribution in [0.3, 0.4) is 0 Å². The number of rotatable bonds is 8. The second kappa shape index (κ2) is 10.1. The summed E-state index contributed by atoms with van der Waals surface area (Å²) in [6.45, 7) is 9.30. The predicted molar refractivity (Wildman–Crippen MR) is 134 cm³/mol. The molecule has 6 nitrogen and oxygen atoms in total. The van der Waals surface area contributed by atoms with E-state index in [1.165, 1.54) is 12.1 Å². The van der Waals surface area contributed by atoms with E-state index < -0.39 is 0 Å². The summed E-state index contributed by atoms with van der Waals surface area (Å²) in [7, 11) is 0. The zero-order chi connectivity index (χ0) is 24.2. The lowest BCUT2D eigenvalue weighted by Gasteiger charge is -2.17. The number of hydrogen-bond acceptors (Lipinski definition) is 3. The third kappa shape index (κ3) is 4.79. The first kappa shape index (κ1) is 23.4. The number of amides is 2. The van der Waals surface area contributed by atoms with Crippen LogP contribution in [0.1, 0.15) is 41.2 Å². The van der Waals surface area contributed by atoms with E-state index in [9.17, 15) is 14.0 Å². The van der Waals surface area contributed by atoms with Gasteiger partial charge in [0, 0.05) is 30.0 Å². The standard InChI is InChI=1S/C27H29FN4O2/c1-4-32(5-2)13-12-29-27(34)24-14-17(3)23(30-24)16-21-25-20(18-8-6-9-19(28)15-18)10-7-11-22(25)31-26(21)33/h6-11,14-16,30H,4-5,12-13H2,1-3H3,(H,29,34)(H,31,33)/b21-16-. The van der Waals surface area contributed by atoms with Crippen molar-refractivity contribution in [2.24, 2.45) is 0 Å². The molecule has 7 heteroatoms. The van der Waals surface area contributed by atoms with Crippen molar-refractivity contribution in [1.29, 1.82) is 0 Å². The number of H-pyrrole nitrogens is 1. The Morgan fingerprint density at radius 1 is 1.12 bits per heavy atom. The molecule has 0 saturated heterocycles. The Bertz CT molecular complexity index is 1260. The normalized spacial score (nSPS) is 13.9. The first-order valence-electron chi connectivity index (χ1n) is 11.5. The summed E-state index contributed by atoms with van der Waals surface area (Å²) >= 11 is 0. The molecule has 0 spiro atoms. The van der Waals surface area contributed by atoms with Crippen LogP contribution in [0.4, 0.5) is 10.1 Å². The Morgan fingerprint density at radius 2 is 1.88 bits per heavy atom. The van der Waals surface area contributed by atoms with Crippen LogP contribution in [0.15, 0.2) is 48.5 Å². The fourth-order valence-corrected chi connectivity index (χ4v) is 4.24. The molecule has 3 N–H and O–H groups in total. The zero-order valence-corrected chi connectivity index (χ0v) is 19.7. The third-order valence-electron chi connectivity index (χ3n) is 6.16. The summed E-state index contributed by atoms with van der Waals surface area (Å²) in [6, 6.07) is 13.6. The maximum atomic E-state index is 13.9. The van der Waals surface area contributed by atoms with E-state index in [1.54, 1.807) is 18.2 Å². The van der Waals surface area contributed by atoms with Crippen LogP contribution in [0.2, 0.25) is 0 Å². The molecule has 0 radical (unpaired) electrons. The van der Waals surface area contributed by atoms with E-state index in [-0.39, 0.29) is 17.6 Å². The van der Waals surface area contributed by atoms with E-state index in [0.29, 0.717) is 34.8 Å². The molecular formula is C27H29FN4O2. The van der Waals surface area contributed by atoms with Crippen LogP contribution in [-0.4, -0.2) is 47.9 Å². The first-order chi connectivity index (χ1) is 16.4. The van der Waals surface area contributed by atoms with Crippen LogP contribution in [0, 0.1) is 12.7 Å². The Hall–Kier alpha value is -3.71. The molecule has 1 aliphatic rings. The molecule has 0 aliphatic carbocycles. The number of carbonyl (C=O) groups excluding carboxylic acids is 2. The minimum absolute atomic E-state index is 0.184. The highest BCUT2D eigenvalue weighted by atomic mass is 19.1. The number of anilines is 1. The van der Waals surface area contributed by atoms with Gasteiger partial charge in [0.25, 0.3) is 11.8 Å². The molecule has 0 fully saturated rings. The number of aromatic amines is 1. The quantitative estimate of drug-likeness (QED) is 0.427. The summed E-state index contributed by atoms with van der Waals surface area (Å²) < 4.78 is 13.9. The van der Waals surface area contributed by atoms with Gasteiger partial charge in [-0.15, -0.1) is 0 Å². The molecule has 34 heavy (non-hydrogen) atoms. The van der Waals surface area contributed by atoms with Gasteiger partial charge in [0.15, 0.2) is 0 Å². The van der Waals surface area contributed by atoms with Crippen molar-refractivity contribution in [3.05, 3.63) is 76.9 Å². The van der Waals surface area contributed by atoms with Crippen molar-refractivity contribution in [3.8, 4) is 11.1 Å². The maximum absolute atomic E-state index is 13.9. The van der Waals surface area contributed by atoms with E-state index >= 15 is 0 Å². The highest BCUT2D eigenvalue weighted by Crippen LogP contribution is 2.40. The fourth-order valence-electron chi connectivity index (χ4n) is 4.24. The molecule has 176 valence electrons. The van der Waals surface area contributed by atoms with Crippen molar-refractivity contribution in [3.63, 3.8) is 0 Å². The Morgan fingerprint density at radius 3 is 2.62 bits per heavy atom. The van der Waals surface area contributed by atoms with Gasteiger partial charge in [-0.2, -0.15) is 0 Å². The van der Waals surface area contributed by atoms with E-state index in [2.05, 4.69) is 34.4 Å². The van der Waals surface area contributed by atoms with Gasteiger partial charge in [0.2, 0.25) is 0 Å². The Balaban J connectivity index is 1.62. The van der Waals surface area contributed by atoms with Gasteiger partial charge in [-0.3, -0.25) is 9.59 Å². The number of nitrogens with one attached hydrogen (secondary N) is 3. The summed E-state index contributed by atoms with van der Waals surface area (Å²) in [5.74, 6) is -0.760. The largest absolute Gasteiger partial charge is 0.351 e. The van der Waals surface area contributed by atoms with Crippen molar-refractivity contribution in [1.82, 2.24) is 15.2 Å². The highest BCUT2D eigenvalue weighted by Gasteiger charge is 2.28. The molecular weight excluding hydrogens is 431 g/mol. The number of nitrogens with zero attached hydrogens (tertiary/aromatic N) is 1. The Labute approximate surface area is 198 Å². The lowest BCUT2D eigenvalue weighted by Crippen LogP contribution is -2.34. The molecule has 0 atom stereocenters. The highest BCUT2D eigenvalue weighted by molar-refractivity contribution is 6.36. The molecule has 2 heterocycles. The van der Waals surface area contributed by atoms with Crippen LogP contribution in [0.5, 0.6) is 0 Å². The number of likely N-dealkylation sites (N-methyl/N-ethyl adjacent to an activating group) is 1. The van der Waals surface area contributed by atoms with Gasteiger partial charge in [-0.05, 0) is 67.0 Å². The molecule has 4 rings (SSSR count). The first-order valence-corrected chi connectivity index (χ1v) is 11.5. The molecule has 1 aliphatic heterocycles. The minimum atomic E-state index is -0.338. The summed E-state index contributed by atoms with van der Waals surface area (Å²) in [5.41, 5.74) is 5.30. The molecule has 0 bridgehead atoms. The minimum Gasteiger partial charge on any atom is -0.351 e. The molecule has 0 saturated carbocycles. The fraction of sp³-hybridized carbons (Fsp3) is 0.259. The average molecular weight is 461 g/mol. The van der Waals surface area contributed by atoms with Gasteiger partial charge < -0.3 is 20.5 Å². The van der Waals surface area contributed by atoms with Crippen molar-refractivity contribution >= 4 is 29.2 Å². The second-order valence-electron chi connectivity index (χ2n) is 8.31. The van der Waals surface area contributed by atoms with Crippen LogP contribution in [-0.2, 0) is 4.79 Å². The smallest absolute Gasteiger partial charge is 0.267 e. The zero-order valence-electron chi connectivity index (χ0n) is 19.7. The van der Waals surface area contributed by atoms with Gasteiger partial charge in [0.05, 0.1) is 5.57 Å². The number of aromatic nitrogens is 1. The topological polar surface area (TPSA) is 77.2 Å². The number of benzene rings is 2. The van der Waals surface area contributed by atoms with Crippen molar-refractivity contribution in [2.75, 3.05) is 31.5 Å². The second-order valence-corrected chi connectivity index (χ2v) is 8.31. The number of hydrogen-bond donors (Lipinski definition) is 3. The van der Waals surface area contributed by atoms with E-state index in [0.717, 1.165) is 36.3 Å². The molecule has 2 aromatic carbocycles. The van der Waals surface area contributed by atoms with Crippen LogP contribution in [0.25, 0.3) is 22.8 Å². The average Bonchev–Trinajstić information content (AvgIpc) is 3.36. The third-order valence-corrected chi connectivity index (χ3v) is 6.16. The number of fused-ring (bicyclic) bond motifs is 1. The summed E-state index contributed by atoms with van der Waals surface area (Å²) in [6.07, 6.45) is 1.76. The summed E-state index contributed by atoms with van der Waals surface area (Å²) in [5, 5.41) is 5.84. The molecule has 0 unspecified atom stereocenters. The number of halogens is 1. The van der Waals surface area contributed by atoms with Crippen molar-refractivity contribution in [2.45, 2.75) is 20.8 Å². The summed E-state index contributed by atoms with van der Waals surface area (Å²) in [4.78, 5) is 30.9.